The summed E-state index contributed by atoms with van der Waals surface area (Å²) in [6.45, 7) is 2.90. The van der Waals surface area contributed by atoms with Gasteiger partial charge in [0.25, 0.3) is 0 Å². The molecular formula is C13H17BBrNO3. The first-order chi connectivity index (χ1) is 9.04. The van der Waals surface area contributed by atoms with Crippen LogP contribution in [0.4, 0.5) is 0 Å². The Hall–Kier alpha value is -0.845. The van der Waals surface area contributed by atoms with E-state index in [-0.39, 0.29) is 17.8 Å². The lowest BCUT2D eigenvalue weighted by atomic mass is 9.85. The molecule has 2 rings (SSSR count). The molecule has 19 heavy (non-hydrogen) atoms. The summed E-state index contributed by atoms with van der Waals surface area (Å²) in [6.07, 6.45) is 0. The molecule has 102 valence electrons. The van der Waals surface area contributed by atoms with Crippen molar-refractivity contribution in [3.05, 3.63) is 34.3 Å². The molecular weight excluding hydrogens is 309 g/mol. The van der Waals surface area contributed by atoms with Gasteiger partial charge in [-0.2, -0.15) is 0 Å². The molecule has 0 spiro atoms. The Morgan fingerprint density at radius 2 is 2.16 bits per heavy atom. The maximum atomic E-state index is 11.9. The van der Waals surface area contributed by atoms with E-state index in [2.05, 4.69) is 15.9 Å². The fraction of sp³-hybridized carbons (Fsp3) is 0.462. The Balaban J connectivity index is 2.30. The molecule has 0 radical (unpaired) electrons. The number of esters is 1. The molecule has 0 saturated carbocycles. The van der Waals surface area contributed by atoms with Crippen LogP contribution in [0.5, 0.6) is 0 Å². The lowest BCUT2D eigenvalue weighted by molar-refractivity contribution is -0.145. The van der Waals surface area contributed by atoms with Crippen LogP contribution in [-0.4, -0.2) is 43.1 Å². The largest absolute Gasteiger partial charge is 0.469 e. The first-order valence-corrected chi connectivity index (χ1v) is 7.08. The van der Waals surface area contributed by atoms with E-state index in [0.717, 1.165) is 10.0 Å². The highest BCUT2D eigenvalue weighted by atomic mass is 79.9. The first kappa shape index (κ1) is 14.6. The highest BCUT2D eigenvalue weighted by Crippen LogP contribution is 2.37. The molecule has 1 aliphatic rings. The minimum atomic E-state index is -0.556. The Kier molecular flexibility index (Phi) is 4.65. The summed E-state index contributed by atoms with van der Waals surface area (Å²) in [6, 6.07) is 7.88. The number of halogens is 1. The van der Waals surface area contributed by atoms with E-state index in [0.29, 0.717) is 13.1 Å². The van der Waals surface area contributed by atoms with Gasteiger partial charge in [0.2, 0.25) is 0 Å². The van der Waals surface area contributed by atoms with Gasteiger partial charge in [0.05, 0.1) is 13.0 Å². The monoisotopic (exact) mass is 325 g/mol. The zero-order valence-corrected chi connectivity index (χ0v) is 12.6. The van der Waals surface area contributed by atoms with Crippen LogP contribution in [0.15, 0.2) is 28.7 Å². The third-order valence-corrected chi connectivity index (χ3v) is 4.41. The van der Waals surface area contributed by atoms with Gasteiger partial charge in [-0.3, -0.25) is 4.79 Å². The van der Waals surface area contributed by atoms with Gasteiger partial charge in [-0.15, -0.1) is 0 Å². The second kappa shape index (κ2) is 6.07. The summed E-state index contributed by atoms with van der Waals surface area (Å²) >= 11 is 3.53. The maximum absolute atomic E-state index is 11.9. The normalized spacial score (nSPS) is 23.4. The number of rotatable bonds is 3. The third-order valence-electron chi connectivity index (χ3n) is 3.69. The molecule has 1 N–H and O–H groups in total. The SMILES string of the molecule is COC(=O)[C@@H]1CN(B(C)O)C[C@H]1c1ccccc1Br. The van der Waals surface area contributed by atoms with E-state index in [9.17, 15) is 9.82 Å². The van der Waals surface area contributed by atoms with Crippen LogP contribution in [-0.2, 0) is 9.53 Å². The molecule has 2 atom stereocenters. The van der Waals surface area contributed by atoms with E-state index >= 15 is 0 Å². The molecule has 1 aromatic carbocycles. The van der Waals surface area contributed by atoms with Crippen molar-refractivity contribution in [2.75, 3.05) is 20.2 Å². The Bertz CT molecular complexity index is 469. The van der Waals surface area contributed by atoms with Crippen molar-refractivity contribution in [3.8, 4) is 0 Å². The van der Waals surface area contributed by atoms with Crippen LogP contribution in [0.25, 0.3) is 0 Å². The van der Waals surface area contributed by atoms with Crippen molar-refractivity contribution in [2.45, 2.75) is 12.7 Å². The Morgan fingerprint density at radius 3 is 2.74 bits per heavy atom. The highest BCUT2D eigenvalue weighted by molar-refractivity contribution is 9.10. The number of methoxy groups -OCH3 is 1. The van der Waals surface area contributed by atoms with Gasteiger partial charge in [-0.25, -0.2) is 0 Å². The van der Waals surface area contributed by atoms with Gasteiger partial charge >= 0.3 is 13.0 Å². The van der Waals surface area contributed by atoms with Crippen molar-refractivity contribution in [1.82, 2.24) is 4.81 Å². The number of hydrogen-bond acceptors (Lipinski definition) is 4. The molecule has 0 bridgehead atoms. The number of benzene rings is 1. The van der Waals surface area contributed by atoms with E-state index in [1.54, 1.807) is 6.82 Å². The van der Waals surface area contributed by atoms with Gasteiger partial charge in [-0.1, -0.05) is 34.1 Å². The van der Waals surface area contributed by atoms with Crippen molar-refractivity contribution in [2.24, 2.45) is 5.92 Å². The van der Waals surface area contributed by atoms with Gasteiger partial charge in [-0.05, 0) is 25.0 Å². The van der Waals surface area contributed by atoms with Crippen LogP contribution in [0.3, 0.4) is 0 Å². The lowest BCUT2D eigenvalue weighted by Gasteiger charge is -2.18. The molecule has 1 fully saturated rings. The fourth-order valence-electron chi connectivity index (χ4n) is 2.62. The Morgan fingerprint density at radius 1 is 1.47 bits per heavy atom. The molecule has 4 nitrogen and oxygen atoms in total. The highest BCUT2D eigenvalue weighted by Gasteiger charge is 2.41. The zero-order valence-electron chi connectivity index (χ0n) is 11.0. The number of nitrogens with zero attached hydrogens (tertiary/aromatic N) is 1. The molecule has 1 heterocycles. The van der Waals surface area contributed by atoms with Crippen molar-refractivity contribution in [1.29, 1.82) is 0 Å². The van der Waals surface area contributed by atoms with Gasteiger partial charge in [0.15, 0.2) is 0 Å². The summed E-state index contributed by atoms with van der Waals surface area (Å²) in [5.74, 6) is -0.417. The standard InChI is InChI=1S/C13H17BBrNO3/c1-14(18)16-7-10(11(8-16)13(17)19-2)9-5-3-4-6-12(9)15/h3-6,10-11,18H,7-8H2,1-2H3/t10-,11+/m0/s1. The van der Waals surface area contributed by atoms with Crippen molar-refractivity contribution >= 4 is 28.9 Å². The predicted octanol–water partition coefficient (Wildman–Crippen LogP) is 1.75. The van der Waals surface area contributed by atoms with E-state index in [1.165, 1.54) is 7.11 Å². The maximum Gasteiger partial charge on any atom is 0.376 e. The number of ether oxygens (including phenoxy) is 1. The average molecular weight is 326 g/mol. The molecule has 6 heteroatoms. The van der Waals surface area contributed by atoms with E-state index in [4.69, 9.17) is 4.74 Å². The van der Waals surface area contributed by atoms with Crippen LogP contribution in [0.2, 0.25) is 6.82 Å². The van der Waals surface area contributed by atoms with Crippen LogP contribution in [0, 0.1) is 5.92 Å². The van der Waals surface area contributed by atoms with Crippen LogP contribution < -0.4 is 0 Å². The zero-order chi connectivity index (χ0) is 14.0. The van der Waals surface area contributed by atoms with Gasteiger partial charge in [0, 0.05) is 16.9 Å². The summed E-state index contributed by atoms with van der Waals surface area (Å²) in [7, 11) is 0.851. The average Bonchev–Trinajstić information content (AvgIpc) is 2.83. The minimum absolute atomic E-state index is 0.0395. The fourth-order valence-corrected chi connectivity index (χ4v) is 3.20. The second-order valence-electron chi connectivity index (χ2n) is 4.84. The number of carbonyl (C=O) groups is 1. The molecule has 1 saturated heterocycles. The quantitative estimate of drug-likeness (QED) is 0.679. The second-order valence-corrected chi connectivity index (χ2v) is 5.70. The van der Waals surface area contributed by atoms with Gasteiger partial charge < -0.3 is 14.6 Å². The first-order valence-electron chi connectivity index (χ1n) is 6.29. The molecule has 1 aromatic rings. The molecule has 0 aromatic heterocycles. The Labute approximate surface area is 122 Å². The van der Waals surface area contributed by atoms with Crippen molar-refractivity contribution < 1.29 is 14.6 Å². The number of hydrogen-bond donors (Lipinski definition) is 1. The molecule has 0 unspecified atom stereocenters. The van der Waals surface area contributed by atoms with Gasteiger partial charge in [0.1, 0.15) is 0 Å². The summed E-state index contributed by atoms with van der Waals surface area (Å²) in [4.78, 5) is 13.8. The van der Waals surface area contributed by atoms with E-state index < -0.39 is 7.05 Å². The smallest absolute Gasteiger partial charge is 0.376 e. The topological polar surface area (TPSA) is 49.8 Å². The molecule has 1 aliphatic heterocycles. The predicted molar refractivity (Wildman–Crippen MR) is 77.8 cm³/mol. The summed E-state index contributed by atoms with van der Waals surface area (Å²) in [5, 5.41) is 9.72. The van der Waals surface area contributed by atoms with Crippen LogP contribution >= 0.6 is 15.9 Å². The molecule has 0 aliphatic carbocycles. The third kappa shape index (κ3) is 3.01. The van der Waals surface area contributed by atoms with E-state index in [1.807, 2.05) is 29.1 Å². The minimum Gasteiger partial charge on any atom is -0.469 e. The lowest BCUT2D eigenvalue weighted by Crippen LogP contribution is -2.35. The number of carbonyl (C=O) groups excluding carboxylic acids is 1. The van der Waals surface area contributed by atoms with Crippen molar-refractivity contribution in [3.63, 3.8) is 0 Å². The summed E-state index contributed by atoms with van der Waals surface area (Å²) < 4.78 is 5.88. The summed E-state index contributed by atoms with van der Waals surface area (Å²) in [5.41, 5.74) is 1.08. The molecule has 0 amide bonds. The van der Waals surface area contributed by atoms with Crippen LogP contribution in [0.1, 0.15) is 11.5 Å².